The number of hydroxylamine groups is 1. The normalized spacial score (nSPS) is 13.4. The van der Waals surface area contributed by atoms with E-state index in [0.29, 0.717) is 6.04 Å². The van der Waals surface area contributed by atoms with Crippen LogP contribution in [0.2, 0.25) is 0 Å². The molecule has 0 heterocycles. The van der Waals surface area contributed by atoms with Gasteiger partial charge < -0.3 is 5.21 Å². The molecule has 1 atom stereocenters. The van der Waals surface area contributed by atoms with Crippen LogP contribution in [0, 0.1) is 0 Å². The van der Waals surface area contributed by atoms with Gasteiger partial charge in [-0.15, -0.1) is 0 Å². The average molecular weight is 159 g/mol. The van der Waals surface area contributed by atoms with Crippen LogP contribution < -0.4 is 5.48 Å². The number of rotatable bonds is 7. The molecule has 0 aliphatic rings. The highest BCUT2D eigenvalue weighted by Gasteiger charge is 2.01. The van der Waals surface area contributed by atoms with Crippen molar-refractivity contribution in [3.8, 4) is 0 Å². The fraction of sp³-hybridized carbons (Fsp3) is 1.00. The summed E-state index contributed by atoms with van der Waals surface area (Å²) in [6, 6.07) is 0.312. The van der Waals surface area contributed by atoms with Gasteiger partial charge >= 0.3 is 0 Å². The zero-order chi connectivity index (χ0) is 8.53. The van der Waals surface area contributed by atoms with Crippen molar-refractivity contribution >= 4 is 0 Å². The topological polar surface area (TPSA) is 32.3 Å². The molecule has 0 saturated heterocycles. The summed E-state index contributed by atoms with van der Waals surface area (Å²) in [6.07, 6.45) is 7.26. The Bertz CT molecular complexity index is 72.0. The third kappa shape index (κ3) is 6.32. The molecular formula is C9H21NO. The van der Waals surface area contributed by atoms with E-state index < -0.39 is 0 Å². The molecule has 0 radical (unpaired) electrons. The molecule has 1 unspecified atom stereocenters. The second-order valence-corrected chi connectivity index (χ2v) is 3.08. The lowest BCUT2D eigenvalue weighted by atomic mass is 10.1. The molecule has 0 aliphatic carbocycles. The van der Waals surface area contributed by atoms with E-state index in [1.807, 2.05) is 0 Å². The molecule has 2 heteroatoms. The molecule has 11 heavy (non-hydrogen) atoms. The van der Waals surface area contributed by atoms with Gasteiger partial charge in [-0.25, -0.2) is 5.48 Å². The summed E-state index contributed by atoms with van der Waals surface area (Å²) in [6.45, 7) is 4.30. The predicted octanol–water partition coefficient (Wildman–Crippen LogP) is 2.71. The smallest absolute Gasteiger partial charge is 0.0317 e. The molecule has 0 spiro atoms. The number of nitrogens with one attached hydrogen (secondary N) is 1. The molecule has 2 N–H and O–H groups in total. The van der Waals surface area contributed by atoms with Crippen LogP contribution in [0.3, 0.4) is 0 Å². The molecule has 0 amide bonds. The quantitative estimate of drug-likeness (QED) is 0.442. The van der Waals surface area contributed by atoms with Gasteiger partial charge in [0.25, 0.3) is 0 Å². The van der Waals surface area contributed by atoms with Gasteiger partial charge in [-0.3, -0.25) is 0 Å². The molecule has 0 aromatic heterocycles. The van der Waals surface area contributed by atoms with Gasteiger partial charge in [0, 0.05) is 6.04 Å². The summed E-state index contributed by atoms with van der Waals surface area (Å²) in [5.41, 5.74) is 2.33. The Balaban J connectivity index is 3.07. The van der Waals surface area contributed by atoms with Crippen LogP contribution in [0.1, 0.15) is 52.4 Å². The maximum atomic E-state index is 8.63. The van der Waals surface area contributed by atoms with Crippen molar-refractivity contribution in [1.29, 1.82) is 0 Å². The van der Waals surface area contributed by atoms with Crippen molar-refractivity contribution in [2.75, 3.05) is 0 Å². The second-order valence-electron chi connectivity index (χ2n) is 3.08. The lowest BCUT2D eigenvalue weighted by Crippen LogP contribution is -2.24. The highest BCUT2D eigenvalue weighted by molar-refractivity contribution is 4.58. The van der Waals surface area contributed by atoms with Crippen LogP contribution in [0.4, 0.5) is 0 Å². The van der Waals surface area contributed by atoms with E-state index in [-0.39, 0.29) is 0 Å². The van der Waals surface area contributed by atoms with Crippen molar-refractivity contribution in [1.82, 2.24) is 5.48 Å². The Morgan fingerprint density at radius 1 is 1.18 bits per heavy atom. The summed E-state index contributed by atoms with van der Waals surface area (Å²) in [4.78, 5) is 0. The van der Waals surface area contributed by atoms with Crippen LogP contribution in [-0.4, -0.2) is 11.2 Å². The monoisotopic (exact) mass is 159 g/mol. The fourth-order valence-electron chi connectivity index (χ4n) is 1.18. The Morgan fingerprint density at radius 3 is 2.36 bits per heavy atom. The number of unbranched alkanes of at least 4 members (excludes halogenated alkanes) is 3. The number of hydrogen-bond acceptors (Lipinski definition) is 2. The van der Waals surface area contributed by atoms with E-state index in [1.165, 1.54) is 25.7 Å². The zero-order valence-corrected chi connectivity index (χ0v) is 7.77. The Kier molecular flexibility index (Phi) is 7.96. The maximum Gasteiger partial charge on any atom is 0.0317 e. The lowest BCUT2D eigenvalue weighted by Gasteiger charge is -2.11. The van der Waals surface area contributed by atoms with E-state index in [2.05, 4.69) is 19.3 Å². The third-order valence-electron chi connectivity index (χ3n) is 2.08. The first-order valence-corrected chi connectivity index (χ1v) is 4.74. The van der Waals surface area contributed by atoms with Gasteiger partial charge in [0.1, 0.15) is 0 Å². The van der Waals surface area contributed by atoms with Crippen LogP contribution in [0.15, 0.2) is 0 Å². The largest absolute Gasteiger partial charge is 0.317 e. The van der Waals surface area contributed by atoms with E-state index in [4.69, 9.17) is 5.21 Å². The highest BCUT2D eigenvalue weighted by atomic mass is 16.5. The first kappa shape index (κ1) is 10.9. The van der Waals surface area contributed by atoms with Gasteiger partial charge in [-0.1, -0.05) is 39.5 Å². The van der Waals surface area contributed by atoms with Crippen molar-refractivity contribution < 1.29 is 5.21 Å². The molecule has 0 aromatic rings. The summed E-state index contributed by atoms with van der Waals surface area (Å²) in [5, 5.41) is 8.63. The van der Waals surface area contributed by atoms with E-state index in [9.17, 15) is 0 Å². The predicted molar refractivity (Wildman–Crippen MR) is 47.8 cm³/mol. The van der Waals surface area contributed by atoms with E-state index in [0.717, 1.165) is 12.8 Å². The molecule has 0 aromatic carbocycles. The Labute approximate surface area is 70.0 Å². The molecule has 0 fully saturated rings. The maximum absolute atomic E-state index is 8.63. The van der Waals surface area contributed by atoms with Gasteiger partial charge in [-0.2, -0.15) is 0 Å². The summed E-state index contributed by atoms with van der Waals surface area (Å²) in [7, 11) is 0. The summed E-state index contributed by atoms with van der Waals surface area (Å²) < 4.78 is 0. The van der Waals surface area contributed by atoms with Crippen molar-refractivity contribution in [3.63, 3.8) is 0 Å². The van der Waals surface area contributed by atoms with Crippen molar-refractivity contribution in [2.45, 2.75) is 58.4 Å². The van der Waals surface area contributed by atoms with Crippen LogP contribution in [-0.2, 0) is 0 Å². The van der Waals surface area contributed by atoms with Gasteiger partial charge in [0.15, 0.2) is 0 Å². The number of hydrogen-bond donors (Lipinski definition) is 2. The summed E-state index contributed by atoms with van der Waals surface area (Å²) >= 11 is 0. The van der Waals surface area contributed by atoms with Crippen LogP contribution in [0.5, 0.6) is 0 Å². The highest BCUT2D eigenvalue weighted by Crippen LogP contribution is 2.06. The molecule has 0 aliphatic heterocycles. The molecule has 2 nitrogen and oxygen atoms in total. The van der Waals surface area contributed by atoms with Gasteiger partial charge in [-0.05, 0) is 12.8 Å². The minimum atomic E-state index is 0.312. The summed E-state index contributed by atoms with van der Waals surface area (Å²) in [5.74, 6) is 0. The SMILES string of the molecule is CCCCCCC(CC)NO. The first-order chi connectivity index (χ1) is 5.35. The molecule has 0 rings (SSSR count). The molecule has 0 bridgehead atoms. The standard InChI is InChI=1S/C9H21NO/c1-3-5-6-7-8-9(4-2)10-11/h9-11H,3-8H2,1-2H3. The Morgan fingerprint density at radius 2 is 1.91 bits per heavy atom. The van der Waals surface area contributed by atoms with Gasteiger partial charge in [0.05, 0.1) is 0 Å². The van der Waals surface area contributed by atoms with Crippen LogP contribution in [0.25, 0.3) is 0 Å². The minimum Gasteiger partial charge on any atom is -0.317 e. The fourth-order valence-corrected chi connectivity index (χ4v) is 1.18. The van der Waals surface area contributed by atoms with Crippen LogP contribution >= 0.6 is 0 Å². The third-order valence-corrected chi connectivity index (χ3v) is 2.08. The van der Waals surface area contributed by atoms with E-state index >= 15 is 0 Å². The lowest BCUT2D eigenvalue weighted by molar-refractivity contribution is 0.118. The second kappa shape index (κ2) is 8.02. The molecule has 68 valence electrons. The zero-order valence-electron chi connectivity index (χ0n) is 7.77. The van der Waals surface area contributed by atoms with Crippen molar-refractivity contribution in [2.24, 2.45) is 0 Å². The van der Waals surface area contributed by atoms with Crippen molar-refractivity contribution in [3.05, 3.63) is 0 Å². The average Bonchev–Trinajstić information content (AvgIpc) is 2.05. The molecular weight excluding hydrogens is 138 g/mol. The Hall–Kier alpha value is -0.0800. The first-order valence-electron chi connectivity index (χ1n) is 4.74. The van der Waals surface area contributed by atoms with Gasteiger partial charge in [0.2, 0.25) is 0 Å². The van der Waals surface area contributed by atoms with E-state index in [1.54, 1.807) is 0 Å². The minimum absolute atomic E-state index is 0.312. The molecule has 0 saturated carbocycles.